The zero-order chi connectivity index (χ0) is 23.0. The van der Waals surface area contributed by atoms with Gasteiger partial charge in [0.2, 0.25) is 5.91 Å². The molecule has 1 amide bonds. The predicted octanol–water partition coefficient (Wildman–Crippen LogP) is -0.589. The van der Waals surface area contributed by atoms with Crippen LogP contribution in [0.4, 0.5) is 0 Å². The van der Waals surface area contributed by atoms with Gasteiger partial charge in [0.25, 0.3) is 0 Å². The number of aliphatic carboxylic acids is 1. The van der Waals surface area contributed by atoms with Crippen LogP contribution in [0.3, 0.4) is 0 Å². The van der Waals surface area contributed by atoms with Crippen molar-refractivity contribution in [3.05, 3.63) is 35.9 Å². The number of aliphatic hydroxyl groups excluding tert-OH is 5. The van der Waals surface area contributed by atoms with E-state index in [0.717, 1.165) is 10.5 Å². The quantitative estimate of drug-likeness (QED) is 0.258. The Kier molecular flexibility index (Phi) is 10.4. The molecule has 1 rings (SSSR count). The Balaban J connectivity index is 2.79. The lowest BCUT2D eigenvalue weighted by atomic mass is 9.82. The Labute approximate surface area is 176 Å². The first kappa shape index (κ1) is 26.0. The first-order chi connectivity index (χ1) is 14.0. The average molecular weight is 427 g/mol. The number of carboxylic acid groups (broad SMARTS) is 1. The predicted molar refractivity (Wildman–Crippen MR) is 109 cm³/mol. The van der Waals surface area contributed by atoms with Crippen molar-refractivity contribution in [3.63, 3.8) is 0 Å². The van der Waals surface area contributed by atoms with E-state index in [0.29, 0.717) is 0 Å². The van der Waals surface area contributed by atoms with Crippen LogP contribution >= 0.6 is 0 Å². The Bertz CT molecular complexity index is 670. The summed E-state index contributed by atoms with van der Waals surface area (Å²) in [5, 5.41) is 57.5. The summed E-state index contributed by atoms with van der Waals surface area (Å²) in [6.45, 7) is 2.19. The van der Waals surface area contributed by atoms with Crippen molar-refractivity contribution in [3.8, 4) is 0 Å². The molecule has 170 valence electrons. The molecule has 1 aromatic carbocycles. The fourth-order valence-electron chi connectivity index (χ4n) is 3.38. The number of carboxylic acids is 1. The van der Waals surface area contributed by atoms with Crippen LogP contribution in [0, 0.1) is 11.8 Å². The highest BCUT2D eigenvalue weighted by molar-refractivity contribution is 5.84. The number of nitrogens with zero attached hydrogens (tertiary/aromatic N) is 1. The number of aliphatic hydroxyl groups is 5. The molecule has 0 saturated heterocycles. The second-order valence-corrected chi connectivity index (χ2v) is 7.80. The maximum atomic E-state index is 12.7. The van der Waals surface area contributed by atoms with Crippen molar-refractivity contribution in [2.45, 2.75) is 50.6 Å². The average Bonchev–Trinajstić information content (AvgIpc) is 2.74. The van der Waals surface area contributed by atoms with Crippen molar-refractivity contribution in [1.82, 2.24) is 4.90 Å². The summed E-state index contributed by atoms with van der Waals surface area (Å²) in [4.78, 5) is 25.6. The molecule has 1 aromatic rings. The second kappa shape index (κ2) is 12.0. The molecule has 0 aliphatic heterocycles. The van der Waals surface area contributed by atoms with Gasteiger partial charge in [-0.25, -0.2) is 0 Å². The van der Waals surface area contributed by atoms with Gasteiger partial charge in [0.05, 0.1) is 12.5 Å². The van der Waals surface area contributed by atoms with Gasteiger partial charge in [-0.2, -0.15) is 0 Å². The summed E-state index contributed by atoms with van der Waals surface area (Å²) in [7, 11) is 1.35. The molecule has 0 fully saturated rings. The van der Waals surface area contributed by atoms with Gasteiger partial charge >= 0.3 is 5.97 Å². The summed E-state index contributed by atoms with van der Waals surface area (Å²) in [6.07, 6.45) is -6.61. The van der Waals surface area contributed by atoms with Gasteiger partial charge < -0.3 is 35.5 Å². The highest BCUT2D eigenvalue weighted by Gasteiger charge is 2.35. The third kappa shape index (κ3) is 7.03. The number of amides is 1. The molecule has 0 aliphatic rings. The Hall–Kier alpha value is -2.04. The van der Waals surface area contributed by atoms with E-state index < -0.39 is 54.7 Å². The van der Waals surface area contributed by atoms with Crippen LogP contribution in [0.5, 0.6) is 0 Å². The number of carbonyl (C=O) groups excluding carboxylic acids is 1. The molecule has 0 aromatic heterocycles. The third-order valence-electron chi connectivity index (χ3n) is 5.45. The highest BCUT2D eigenvalue weighted by Crippen LogP contribution is 2.29. The van der Waals surface area contributed by atoms with Crippen molar-refractivity contribution >= 4 is 11.9 Å². The second-order valence-electron chi connectivity index (χ2n) is 7.80. The minimum atomic E-state index is -1.80. The van der Waals surface area contributed by atoms with Gasteiger partial charge in [-0.05, 0) is 17.9 Å². The molecule has 0 aliphatic carbocycles. The molecule has 9 heteroatoms. The van der Waals surface area contributed by atoms with E-state index in [1.54, 1.807) is 0 Å². The molecule has 30 heavy (non-hydrogen) atoms. The Morgan fingerprint density at radius 1 is 0.967 bits per heavy atom. The fraction of sp³-hybridized carbons (Fsp3) is 0.619. The van der Waals surface area contributed by atoms with Crippen molar-refractivity contribution in [2.24, 2.45) is 11.8 Å². The smallest absolute Gasteiger partial charge is 0.307 e. The molecule has 0 saturated carbocycles. The zero-order valence-electron chi connectivity index (χ0n) is 17.5. The lowest BCUT2D eigenvalue weighted by Crippen LogP contribution is -2.51. The van der Waals surface area contributed by atoms with E-state index in [2.05, 4.69) is 0 Å². The molecular formula is C21H33NO8. The molecule has 0 radical (unpaired) electrons. The standard InChI is InChI=1S/C21H33NO8/c1-12(14-7-5-4-6-8-14)9-15(21(29)30)13(2)20(28)22(3)10-16(24)18(26)19(27)17(25)11-23/h4-8,12-13,15-19,23-27H,9-11H2,1-3H3,(H,29,30). The van der Waals surface area contributed by atoms with Gasteiger partial charge in [-0.3, -0.25) is 9.59 Å². The van der Waals surface area contributed by atoms with Crippen LogP contribution in [-0.4, -0.2) is 92.0 Å². The summed E-state index contributed by atoms with van der Waals surface area (Å²) in [5.74, 6) is -3.58. The maximum Gasteiger partial charge on any atom is 0.307 e. The number of rotatable bonds is 12. The van der Waals surface area contributed by atoms with Crippen LogP contribution in [0.1, 0.15) is 31.7 Å². The largest absolute Gasteiger partial charge is 0.481 e. The monoisotopic (exact) mass is 427 g/mol. The van der Waals surface area contributed by atoms with E-state index in [4.69, 9.17) is 5.11 Å². The molecule has 7 atom stereocenters. The number of hydrogen-bond donors (Lipinski definition) is 6. The van der Waals surface area contributed by atoms with Gasteiger partial charge in [0.15, 0.2) is 0 Å². The van der Waals surface area contributed by atoms with Gasteiger partial charge in [0.1, 0.15) is 24.4 Å². The number of benzene rings is 1. The fourth-order valence-corrected chi connectivity index (χ4v) is 3.38. The molecule has 9 nitrogen and oxygen atoms in total. The third-order valence-corrected chi connectivity index (χ3v) is 5.45. The van der Waals surface area contributed by atoms with E-state index in [-0.39, 0.29) is 18.9 Å². The highest BCUT2D eigenvalue weighted by atomic mass is 16.4. The van der Waals surface area contributed by atoms with Crippen molar-refractivity contribution in [1.29, 1.82) is 0 Å². The first-order valence-corrected chi connectivity index (χ1v) is 9.87. The number of hydrogen-bond acceptors (Lipinski definition) is 7. The maximum absolute atomic E-state index is 12.7. The van der Waals surface area contributed by atoms with Gasteiger partial charge in [-0.15, -0.1) is 0 Å². The van der Waals surface area contributed by atoms with Crippen molar-refractivity contribution in [2.75, 3.05) is 20.2 Å². The Morgan fingerprint density at radius 3 is 2.00 bits per heavy atom. The first-order valence-electron chi connectivity index (χ1n) is 9.87. The van der Waals surface area contributed by atoms with Crippen LogP contribution in [0.15, 0.2) is 30.3 Å². The summed E-state index contributed by atoms with van der Waals surface area (Å²) in [5.41, 5.74) is 0.965. The van der Waals surface area contributed by atoms with E-state index in [1.807, 2.05) is 37.3 Å². The van der Waals surface area contributed by atoms with Crippen LogP contribution < -0.4 is 0 Å². The molecule has 6 N–H and O–H groups in total. The van der Waals surface area contributed by atoms with Crippen LogP contribution in [0.25, 0.3) is 0 Å². The minimum Gasteiger partial charge on any atom is -0.481 e. The molecular weight excluding hydrogens is 394 g/mol. The number of carbonyl (C=O) groups is 2. The molecule has 0 spiro atoms. The lowest BCUT2D eigenvalue weighted by Gasteiger charge is -2.31. The Morgan fingerprint density at radius 2 is 1.50 bits per heavy atom. The molecule has 0 bridgehead atoms. The topological polar surface area (TPSA) is 159 Å². The van der Waals surface area contributed by atoms with E-state index in [9.17, 15) is 35.1 Å². The van der Waals surface area contributed by atoms with E-state index in [1.165, 1.54) is 14.0 Å². The van der Waals surface area contributed by atoms with Gasteiger partial charge in [0, 0.05) is 19.5 Å². The number of likely N-dealkylation sites (N-methyl/N-ethyl adjacent to an activating group) is 1. The van der Waals surface area contributed by atoms with Crippen LogP contribution in [0.2, 0.25) is 0 Å². The summed E-state index contributed by atoms with van der Waals surface area (Å²) in [6, 6.07) is 9.37. The minimum absolute atomic E-state index is 0.0876. The normalized spacial score (nSPS) is 18.5. The van der Waals surface area contributed by atoms with E-state index >= 15 is 0 Å². The SMILES string of the molecule is CC(CC(C(=O)O)C(C)C(=O)N(C)CC(O)C(O)C(O)C(O)CO)c1ccccc1. The van der Waals surface area contributed by atoms with Crippen molar-refractivity contribution < 1.29 is 40.2 Å². The van der Waals surface area contributed by atoms with Gasteiger partial charge in [-0.1, -0.05) is 44.2 Å². The summed E-state index contributed by atoms with van der Waals surface area (Å²) < 4.78 is 0. The lowest BCUT2D eigenvalue weighted by molar-refractivity contribution is -0.152. The molecule has 0 heterocycles. The molecule has 7 unspecified atom stereocenters. The van der Waals surface area contributed by atoms with Crippen LogP contribution in [-0.2, 0) is 9.59 Å². The summed E-state index contributed by atoms with van der Waals surface area (Å²) >= 11 is 0. The zero-order valence-corrected chi connectivity index (χ0v) is 17.5.